The molecular weight excluding hydrogens is 274 g/mol. The van der Waals surface area contributed by atoms with E-state index in [4.69, 9.17) is 0 Å². The molecule has 0 aromatic carbocycles. The van der Waals surface area contributed by atoms with Gasteiger partial charge >= 0.3 is 0 Å². The average Bonchev–Trinajstić information content (AvgIpc) is 2.85. The Kier molecular flexibility index (Phi) is 6.23. The Morgan fingerprint density at radius 2 is 2.00 bits per heavy atom. The number of sulfonamides is 1. The molecule has 0 fully saturated rings. The summed E-state index contributed by atoms with van der Waals surface area (Å²) in [5.74, 6) is 0. The summed E-state index contributed by atoms with van der Waals surface area (Å²) in [6, 6.07) is 2.09. The molecule has 0 aliphatic carbocycles. The van der Waals surface area contributed by atoms with Crippen molar-refractivity contribution in [3.8, 4) is 0 Å². The van der Waals surface area contributed by atoms with Crippen LogP contribution in [0.2, 0.25) is 0 Å². The van der Waals surface area contributed by atoms with Gasteiger partial charge in [-0.2, -0.15) is 4.31 Å². The van der Waals surface area contributed by atoms with Crippen molar-refractivity contribution in [2.75, 3.05) is 7.05 Å². The van der Waals surface area contributed by atoms with Gasteiger partial charge in [-0.05, 0) is 19.4 Å². The van der Waals surface area contributed by atoms with Crippen LogP contribution in [0.5, 0.6) is 0 Å². The van der Waals surface area contributed by atoms with E-state index >= 15 is 0 Å². The fourth-order valence-corrected chi connectivity index (χ4v) is 3.40. The topological polar surface area (TPSA) is 65.2 Å². The van der Waals surface area contributed by atoms with E-state index in [1.54, 1.807) is 19.3 Å². The predicted molar refractivity (Wildman–Crippen MR) is 82.1 cm³/mol. The maximum absolute atomic E-state index is 12.5. The quantitative estimate of drug-likeness (QED) is 0.774. The predicted octanol–water partition coefficient (Wildman–Crippen LogP) is 2.32. The molecule has 0 saturated carbocycles. The number of nitrogens with one attached hydrogen (secondary N) is 2. The SMILES string of the molecule is CCCC(C)N(C)S(=O)(=O)c1c[nH]c(CNC(C)C)c1. The van der Waals surface area contributed by atoms with Crippen molar-refractivity contribution in [1.82, 2.24) is 14.6 Å². The molecule has 1 aromatic heterocycles. The summed E-state index contributed by atoms with van der Waals surface area (Å²) < 4.78 is 26.4. The zero-order valence-corrected chi connectivity index (χ0v) is 13.9. The van der Waals surface area contributed by atoms with Crippen LogP contribution in [-0.4, -0.2) is 36.8 Å². The lowest BCUT2D eigenvalue weighted by Crippen LogP contribution is -2.34. The first-order chi connectivity index (χ1) is 9.28. The lowest BCUT2D eigenvalue weighted by Gasteiger charge is -2.23. The van der Waals surface area contributed by atoms with Gasteiger partial charge in [-0.1, -0.05) is 27.2 Å². The monoisotopic (exact) mass is 301 g/mol. The van der Waals surface area contributed by atoms with Gasteiger partial charge < -0.3 is 10.3 Å². The Bertz CT molecular complexity index is 508. The summed E-state index contributed by atoms with van der Waals surface area (Å²) >= 11 is 0. The van der Waals surface area contributed by atoms with Gasteiger partial charge in [-0.3, -0.25) is 0 Å². The van der Waals surface area contributed by atoms with E-state index < -0.39 is 10.0 Å². The Balaban J connectivity index is 2.82. The van der Waals surface area contributed by atoms with Crippen LogP contribution in [0.3, 0.4) is 0 Å². The minimum atomic E-state index is -3.40. The van der Waals surface area contributed by atoms with E-state index in [9.17, 15) is 8.42 Å². The normalized spacial score (nSPS) is 14.2. The first-order valence-corrected chi connectivity index (χ1v) is 8.61. The van der Waals surface area contributed by atoms with Crippen molar-refractivity contribution < 1.29 is 8.42 Å². The number of rotatable bonds is 8. The van der Waals surface area contributed by atoms with Gasteiger partial charge in [0.15, 0.2) is 0 Å². The molecule has 1 aromatic rings. The van der Waals surface area contributed by atoms with Crippen molar-refractivity contribution in [3.05, 3.63) is 18.0 Å². The zero-order valence-electron chi connectivity index (χ0n) is 13.1. The number of hydrogen-bond acceptors (Lipinski definition) is 3. The zero-order chi connectivity index (χ0) is 15.3. The summed E-state index contributed by atoms with van der Waals surface area (Å²) in [6.45, 7) is 8.75. The number of aromatic amines is 1. The highest BCUT2D eigenvalue weighted by Crippen LogP contribution is 2.19. The van der Waals surface area contributed by atoms with Gasteiger partial charge in [0.25, 0.3) is 0 Å². The molecule has 5 nitrogen and oxygen atoms in total. The van der Waals surface area contributed by atoms with Crippen LogP contribution in [-0.2, 0) is 16.6 Å². The number of H-pyrrole nitrogens is 1. The molecule has 2 N–H and O–H groups in total. The average molecular weight is 301 g/mol. The second-order valence-electron chi connectivity index (χ2n) is 5.56. The maximum Gasteiger partial charge on any atom is 0.244 e. The summed E-state index contributed by atoms with van der Waals surface area (Å²) in [6.07, 6.45) is 3.40. The van der Waals surface area contributed by atoms with Crippen LogP contribution in [0.4, 0.5) is 0 Å². The second-order valence-corrected chi connectivity index (χ2v) is 7.55. The van der Waals surface area contributed by atoms with Gasteiger partial charge in [-0.15, -0.1) is 0 Å². The molecule has 1 rings (SSSR count). The highest BCUT2D eigenvalue weighted by molar-refractivity contribution is 7.89. The third-order valence-corrected chi connectivity index (χ3v) is 5.37. The molecule has 0 radical (unpaired) electrons. The summed E-state index contributed by atoms with van der Waals surface area (Å²) in [5, 5.41) is 3.26. The molecule has 116 valence electrons. The minimum absolute atomic E-state index is 0.0112. The van der Waals surface area contributed by atoms with Crippen molar-refractivity contribution in [3.63, 3.8) is 0 Å². The maximum atomic E-state index is 12.5. The van der Waals surface area contributed by atoms with Gasteiger partial charge in [0, 0.05) is 37.6 Å². The molecule has 0 aliphatic heterocycles. The molecule has 0 bridgehead atoms. The third kappa shape index (κ3) is 4.33. The minimum Gasteiger partial charge on any atom is -0.363 e. The van der Waals surface area contributed by atoms with E-state index in [-0.39, 0.29) is 6.04 Å². The van der Waals surface area contributed by atoms with Gasteiger partial charge in [0.05, 0.1) is 4.90 Å². The van der Waals surface area contributed by atoms with Crippen LogP contribution in [0.1, 0.15) is 46.2 Å². The van der Waals surface area contributed by atoms with Gasteiger partial charge in [-0.25, -0.2) is 8.42 Å². The first-order valence-electron chi connectivity index (χ1n) is 7.17. The Hall–Kier alpha value is -0.850. The van der Waals surface area contributed by atoms with Crippen molar-refractivity contribution >= 4 is 10.0 Å². The number of hydrogen-bond donors (Lipinski definition) is 2. The Morgan fingerprint density at radius 3 is 2.55 bits per heavy atom. The van der Waals surface area contributed by atoms with Gasteiger partial charge in [0.1, 0.15) is 0 Å². The summed E-state index contributed by atoms with van der Waals surface area (Å²) in [7, 11) is -1.76. The van der Waals surface area contributed by atoms with Crippen LogP contribution >= 0.6 is 0 Å². The fourth-order valence-electron chi connectivity index (χ4n) is 1.99. The molecular formula is C14H27N3O2S. The van der Waals surface area contributed by atoms with Crippen LogP contribution in [0.15, 0.2) is 17.2 Å². The van der Waals surface area contributed by atoms with Gasteiger partial charge in [0.2, 0.25) is 10.0 Å². The summed E-state index contributed by atoms with van der Waals surface area (Å²) in [5.41, 5.74) is 0.883. The second kappa shape index (κ2) is 7.24. The molecule has 0 amide bonds. The molecule has 6 heteroatoms. The molecule has 20 heavy (non-hydrogen) atoms. The van der Waals surface area contributed by atoms with E-state index in [2.05, 4.69) is 31.1 Å². The van der Waals surface area contributed by atoms with Crippen molar-refractivity contribution in [1.29, 1.82) is 0 Å². The summed E-state index contributed by atoms with van der Waals surface area (Å²) in [4.78, 5) is 3.36. The largest absolute Gasteiger partial charge is 0.363 e. The standard InChI is InChI=1S/C14H27N3O2S/c1-6-7-12(4)17(5)20(18,19)14-8-13(16-10-14)9-15-11(2)3/h8,10-12,15-16H,6-7,9H2,1-5H3. The highest BCUT2D eigenvalue weighted by atomic mass is 32.2. The van der Waals surface area contributed by atoms with Crippen molar-refractivity contribution in [2.24, 2.45) is 0 Å². The van der Waals surface area contributed by atoms with E-state index in [0.29, 0.717) is 17.5 Å². The molecule has 1 atom stereocenters. The smallest absolute Gasteiger partial charge is 0.244 e. The Morgan fingerprint density at radius 1 is 1.35 bits per heavy atom. The van der Waals surface area contributed by atoms with E-state index in [1.165, 1.54) is 4.31 Å². The first kappa shape index (κ1) is 17.2. The Labute approximate surface area is 122 Å². The highest BCUT2D eigenvalue weighted by Gasteiger charge is 2.25. The number of nitrogens with zero attached hydrogens (tertiary/aromatic N) is 1. The lowest BCUT2D eigenvalue weighted by atomic mass is 10.2. The van der Waals surface area contributed by atoms with E-state index in [0.717, 1.165) is 18.5 Å². The van der Waals surface area contributed by atoms with Crippen LogP contribution in [0, 0.1) is 0 Å². The van der Waals surface area contributed by atoms with E-state index in [1.807, 2.05) is 6.92 Å². The molecule has 0 spiro atoms. The molecule has 0 aliphatic rings. The molecule has 0 saturated heterocycles. The molecule has 1 unspecified atom stereocenters. The van der Waals surface area contributed by atoms with Crippen molar-refractivity contribution in [2.45, 2.75) is 64.1 Å². The van der Waals surface area contributed by atoms with Crippen LogP contribution < -0.4 is 5.32 Å². The lowest BCUT2D eigenvalue weighted by molar-refractivity contribution is 0.369. The molecule has 1 heterocycles. The van der Waals surface area contributed by atoms with Crippen LogP contribution in [0.25, 0.3) is 0 Å². The fraction of sp³-hybridized carbons (Fsp3) is 0.714. The number of aromatic nitrogens is 1. The third-order valence-electron chi connectivity index (χ3n) is 3.42.